The maximum Gasteiger partial charge on any atom is 0.323 e. The molecule has 0 radical (unpaired) electrons. The zero-order chi connectivity index (χ0) is 26.0. The van der Waals surface area contributed by atoms with Crippen molar-refractivity contribution in [3.05, 3.63) is 123 Å². The molecule has 4 aromatic carbocycles. The fraction of sp³-hybridized carbons (Fsp3) is 0.0714. The van der Waals surface area contributed by atoms with E-state index in [0.29, 0.717) is 38.9 Å². The quantitative estimate of drug-likeness (QED) is 0.128. The van der Waals surface area contributed by atoms with Gasteiger partial charge in [0.1, 0.15) is 23.9 Å². The first-order valence-electron chi connectivity index (χ1n) is 11.1. The Morgan fingerprint density at radius 1 is 0.703 bits per heavy atom. The number of halogens is 3. The standard InChI is InChI=1S/C28H21Cl3N2O4/c29-21-5-1-20(2-6-21)18-35-24-11-3-19(4-12-24)17-32-33-27(34)28(36-25-13-7-22(30)8-14-25)37-26-15-9-23(31)10-16-26/h1-17,28H,18H2,(H,33,34)/b32-17-. The Labute approximate surface area is 229 Å². The molecule has 188 valence electrons. The molecule has 0 saturated carbocycles. The van der Waals surface area contributed by atoms with Crippen LogP contribution in [0.1, 0.15) is 11.1 Å². The second-order valence-corrected chi connectivity index (χ2v) is 9.00. The number of amides is 1. The molecular weight excluding hydrogens is 535 g/mol. The summed E-state index contributed by atoms with van der Waals surface area (Å²) < 4.78 is 17.2. The Morgan fingerprint density at radius 2 is 1.16 bits per heavy atom. The van der Waals surface area contributed by atoms with Crippen molar-refractivity contribution in [2.45, 2.75) is 12.9 Å². The highest BCUT2D eigenvalue weighted by molar-refractivity contribution is 6.31. The van der Waals surface area contributed by atoms with Crippen LogP contribution in [-0.2, 0) is 11.4 Å². The third-order valence-corrected chi connectivity index (χ3v) is 5.67. The van der Waals surface area contributed by atoms with Gasteiger partial charge in [-0.1, -0.05) is 46.9 Å². The fourth-order valence-electron chi connectivity index (χ4n) is 3.03. The first kappa shape index (κ1) is 26.4. The molecule has 0 heterocycles. The third kappa shape index (κ3) is 8.43. The lowest BCUT2D eigenvalue weighted by Gasteiger charge is -2.19. The lowest BCUT2D eigenvalue weighted by atomic mass is 10.2. The third-order valence-electron chi connectivity index (χ3n) is 4.91. The molecule has 37 heavy (non-hydrogen) atoms. The van der Waals surface area contributed by atoms with Gasteiger partial charge in [0.2, 0.25) is 0 Å². The van der Waals surface area contributed by atoms with Crippen molar-refractivity contribution < 1.29 is 19.0 Å². The number of benzene rings is 4. The summed E-state index contributed by atoms with van der Waals surface area (Å²) in [6.45, 7) is 0.420. The van der Waals surface area contributed by atoms with Crippen molar-refractivity contribution in [1.29, 1.82) is 0 Å². The van der Waals surface area contributed by atoms with Gasteiger partial charge in [0, 0.05) is 15.1 Å². The van der Waals surface area contributed by atoms with Crippen LogP contribution in [0, 0.1) is 0 Å². The number of carbonyl (C=O) groups is 1. The Kier molecular flexibility index (Phi) is 9.27. The number of rotatable bonds is 10. The van der Waals surface area contributed by atoms with E-state index in [9.17, 15) is 4.79 Å². The van der Waals surface area contributed by atoms with E-state index in [0.717, 1.165) is 11.1 Å². The summed E-state index contributed by atoms with van der Waals surface area (Å²) in [5.41, 5.74) is 4.21. The van der Waals surface area contributed by atoms with Gasteiger partial charge in [-0.15, -0.1) is 0 Å². The van der Waals surface area contributed by atoms with Gasteiger partial charge in [0.25, 0.3) is 0 Å². The molecule has 0 atom stereocenters. The number of ether oxygens (including phenoxy) is 3. The molecule has 0 spiro atoms. The van der Waals surface area contributed by atoms with Gasteiger partial charge in [0.05, 0.1) is 6.21 Å². The average molecular weight is 556 g/mol. The molecule has 0 bridgehead atoms. The number of carbonyl (C=O) groups excluding carboxylic acids is 1. The molecule has 0 fully saturated rings. The molecule has 4 rings (SSSR count). The monoisotopic (exact) mass is 554 g/mol. The summed E-state index contributed by atoms with van der Waals surface area (Å²) in [4.78, 5) is 12.8. The van der Waals surface area contributed by atoms with Crippen molar-refractivity contribution in [1.82, 2.24) is 5.43 Å². The molecule has 4 aromatic rings. The number of hydrazone groups is 1. The molecule has 1 N–H and O–H groups in total. The largest absolute Gasteiger partial charge is 0.489 e. The minimum Gasteiger partial charge on any atom is -0.489 e. The van der Waals surface area contributed by atoms with E-state index in [4.69, 9.17) is 49.0 Å². The zero-order valence-corrected chi connectivity index (χ0v) is 21.6. The smallest absolute Gasteiger partial charge is 0.323 e. The zero-order valence-electron chi connectivity index (χ0n) is 19.3. The van der Waals surface area contributed by atoms with Crippen LogP contribution in [0.25, 0.3) is 0 Å². The Morgan fingerprint density at radius 3 is 1.68 bits per heavy atom. The molecule has 1 amide bonds. The molecule has 0 aliphatic carbocycles. The lowest BCUT2D eigenvalue weighted by Crippen LogP contribution is -2.40. The fourth-order valence-corrected chi connectivity index (χ4v) is 3.40. The Balaban J connectivity index is 1.35. The minimum absolute atomic E-state index is 0.400. The molecule has 0 unspecified atom stereocenters. The number of hydrogen-bond acceptors (Lipinski definition) is 5. The Bertz CT molecular complexity index is 1280. The van der Waals surface area contributed by atoms with Crippen molar-refractivity contribution in [2.75, 3.05) is 0 Å². The van der Waals surface area contributed by atoms with Gasteiger partial charge in [-0.2, -0.15) is 5.10 Å². The van der Waals surface area contributed by atoms with E-state index in [1.54, 1.807) is 48.5 Å². The van der Waals surface area contributed by atoms with Crippen LogP contribution in [-0.4, -0.2) is 18.4 Å². The summed E-state index contributed by atoms with van der Waals surface area (Å²) in [5, 5.41) is 5.78. The molecule has 9 heteroatoms. The predicted molar refractivity (Wildman–Crippen MR) is 146 cm³/mol. The van der Waals surface area contributed by atoms with Crippen LogP contribution in [0.4, 0.5) is 0 Å². The summed E-state index contributed by atoms with van der Waals surface area (Å²) in [7, 11) is 0. The van der Waals surface area contributed by atoms with Gasteiger partial charge in [-0.3, -0.25) is 4.79 Å². The first-order valence-corrected chi connectivity index (χ1v) is 12.2. The van der Waals surface area contributed by atoms with E-state index in [-0.39, 0.29) is 0 Å². The number of hydrogen-bond donors (Lipinski definition) is 1. The maximum absolute atomic E-state index is 12.8. The van der Waals surface area contributed by atoms with E-state index in [1.807, 2.05) is 48.5 Å². The second-order valence-electron chi connectivity index (χ2n) is 7.69. The lowest BCUT2D eigenvalue weighted by molar-refractivity contribution is -0.140. The van der Waals surface area contributed by atoms with Crippen molar-refractivity contribution in [2.24, 2.45) is 5.10 Å². The van der Waals surface area contributed by atoms with Gasteiger partial charge < -0.3 is 14.2 Å². The second kappa shape index (κ2) is 13.0. The molecule has 6 nitrogen and oxygen atoms in total. The van der Waals surface area contributed by atoms with Crippen molar-refractivity contribution in [3.63, 3.8) is 0 Å². The molecule has 0 saturated heterocycles. The minimum atomic E-state index is -1.32. The first-order chi connectivity index (χ1) is 17.9. The van der Waals surface area contributed by atoms with E-state index in [2.05, 4.69) is 10.5 Å². The predicted octanol–water partition coefficient (Wildman–Crippen LogP) is 7.16. The average Bonchev–Trinajstić information content (AvgIpc) is 2.91. The molecular formula is C28H21Cl3N2O4. The van der Waals surface area contributed by atoms with Crippen molar-refractivity contribution in [3.8, 4) is 17.2 Å². The normalized spacial score (nSPS) is 10.9. The highest BCUT2D eigenvalue weighted by Crippen LogP contribution is 2.21. The SMILES string of the molecule is O=C(N/N=C\c1ccc(OCc2ccc(Cl)cc2)cc1)C(Oc1ccc(Cl)cc1)Oc1ccc(Cl)cc1. The van der Waals surface area contributed by atoms with Gasteiger partial charge in [-0.05, 0) is 96.1 Å². The molecule has 0 aliphatic rings. The highest BCUT2D eigenvalue weighted by atomic mass is 35.5. The van der Waals surface area contributed by atoms with Crippen LogP contribution < -0.4 is 19.6 Å². The van der Waals surface area contributed by atoms with Crippen LogP contribution in [0.5, 0.6) is 17.2 Å². The summed E-state index contributed by atoms with van der Waals surface area (Å²) in [6, 6.07) is 27.8. The van der Waals surface area contributed by atoms with Crippen LogP contribution in [0.3, 0.4) is 0 Å². The van der Waals surface area contributed by atoms with Crippen LogP contribution in [0.2, 0.25) is 15.1 Å². The highest BCUT2D eigenvalue weighted by Gasteiger charge is 2.22. The molecule has 0 aromatic heterocycles. The van der Waals surface area contributed by atoms with Gasteiger partial charge >= 0.3 is 12.2 Å². The van der Waals surface area contributed by atoms with E-state index >= 15 is 0 Å². The van der Waals surface area contributed by atoms with Gasteiger partial charge in [-0.25, -0.2) is 5.43 Å². The molecule has 0 aliphatic heterocycles. The number of nitrogens with one attached hydrogen (secondary N) is 1. The van der Waals surface area contributed by atoms with Crippen molar-refractivity contribution >= 4 is 46.9 Å². The summed E-state index contributed by atoms with van der Waals surface area (Å²) in [6.07, 6.45) is 0.186. The topological polar surface area (TPSA) is 69.2 Å². The number of nitrogens with zero attached hydrogens (tertiary/aromatic N) is 1. The van der Waals surface area contributed by atoms with Crippen LogP contribution >= 0.6 is 34.8 Å². The van der Waals surface area contributed by atoms with E-state index in [1.165, 1.54) is 6.21 Å². The van der Waals surface area contributed by atoms with E-state index < -0.39 is 12.2 Å². The Hall–Kier alpha value is -3.71. The van der Waals surface area contributed by atoms with Gasteiger partial charge in [0.15, 0.2) is 0 Å². The summed E-state index contributed by atoms with van der Waals surface area (Å²) in [5.74, 6) is 0.890. The van der Waals surface area contributed by atoms with Crippen LogP contribution in [0.15, 0.2) is 102 Å². The maximum atomic E-state index is 12.8. The summed E-state index contributed by atoms with van der Waals surface area (Å²) >= 11 is 17.8.